The van der Waals surface area contributed by atoms with Crippen molar-refractivity contribution >= 4 is 0 Å². The molecule has 0 unspecified atom stereocenters. The summed E-state index contributed by atoms with van der Waals surface area (Å²) in [6, 6.07) is 0. The Labute approximate surface area is 41.7 Å². The van der Waals surface area contributed by atoms with Gasteiger partial charge in [0.05, 0.1) is 0 Å². The molecule has 6 heavy (non-hydrogen) atoms. The third kappa shape index (κ3) is 0.852. The quantitative estimate of drug-likeness (QED) is 0.394. The zero-order chi connectivity index (χ0) is 5.98. The number of hydrogen-bond acceptors (Lipinski definition) is 0. The lowest BCUT2D eigenvalue weighted by atomic mass is 10.1. The second kappa shape index (κ2) is 2.01. The lowest BCUT2D eigenvalue weighted by Gasteiger charge is -1.97. The highest BCUT2D eigenvalue weighted by molar-refractivity contribution is 4.85. The average Bonchev–Trinajstić information content (AvgIpc) is 1.77. The molecule has 0 amide bonds. The standard InChI is InChI=1S/C6H10/c1-2-4-6-5-3-1/h1-2H,3-6H2/i3D,4D/t3-,4-/m0/s1. The van der Waals surface area contributed by atoms with Gasteiger partial charge in [-0.2, -0.15) is 0 Å². The van der Waals surface area contributed by atoms with Gasteiger partial charge in [-0.3, -0.25) is 0 Å². The summed E-state index contributed by atoms with van der Waals surface area (Å²) < 4.78 is 14.4. The summed E-state index contributed by atoms with van der Waals surface area (Å²) in [5, 5.41) is 0. The van der Waals surface area contributed by atoms with E-state index in [-0.39, 0.29) is 12.8 Å². The van der Waals surface area contributed by atoms with E-state index >= 15 is 0 Å². The third-order valence-corrected chi connectivity index (χ3v) is 0.883. The van der Waals surface area contributed by atoms with E-state index in [2.05, 4.69) is 0 Å². The van der Waals surface area contributed by atoms with Crippen LogP contribution in [0.1, 0.15) is 28.4 Å². The van der Waals surface area contributed by atoms with Crippen molar-refractivity contribution in [1.29, 1.82) is 0 Å². The van der Waals surface area contributed by atoms with Gasteiger partial charge in [0.1, 0.15) is 0 Å². The van der Waals surface area contributed by atoms with Crippen molar-refractivity contribution < 1.29 is 2.74 Å². The van der Waals surface area contributed by atoms with Gasteiger partial charge < -0.3 is 0 Å². The second-order valence-electron chi connectivity index (χ2n) is 1.43. The van der Waals surface area contributed by atoms with Crippen LogP contribution in [-0.2, 0) is 0 Å². The van der Waals surface area contributed by atoms with Crippen LogP contribution in [0.5, 0.6) is 0 Å². The summed E-state index contributed by atoms with van der Waals surface area (Å²) in [5.41, 5.74) is 0. The van der Waals surface area contributed by atoms with Crippen molar-refractivity contribution in [2.75, 3.05) is 0 Å². The molecule has 1 aliphatic carbocycles. The first-order valence-electron chi connectivity index (χ1n) is 3.47. The first-order valence-corrected chi connectivity index (χ1v) is 2.32. The Hall–Kier alpha value is -0.260. The van der Waals surface area contributed by atoms with Crippen molar-refractivity contribution in [3.63, 3.8) is 0 Å². The molecule has 0 saturated carbocycles. The zero-order valence-electron chi connectivity index (χ0n) is 5.72. The van der Waals surface area contributed by atoms with Crippen molar-refractivity contribution in [3.8, 4) is 0 Å². The Morgan fingerprint density at radius 1 is 1.17 bits per heavy atom. The highest BCUT2D eigenvalue weighted by atomic mass is 13.9. The Kier molecular flexibility index (Phi) is 0.722. The lowest BCUT2D eigenvalue weighted by molar-refractivity contribution is 0.730. The van der Waals surface area contributed by atoms with Gasteiger partial charge >= 0.3 is 0 Å². The fourth-order valence-electron chi connectivity index (χ4n) is 0.542. The van der Waals surface area contributed by atoms with E-state index in [4.69, 9.17) is 2.74 Å². The van der Waals surface area contributed by atoms with Gasteiger partial charge in [0.25, 0.3) is 0 Å². The van der Waals surface area contributed by atoms with Gasteiger partial charge in [-0.25, -0.2) is 0 Å². The lowest BCUT2D eigenvalue weighted by Crippen LogP contribution is -1.77. The minimum Gasteiger partial charge on any atom is -0.0885 e. The monoisotopic (exact) mass is 84.1 g/mol. The Morgan fingerprint density at radius 3 is 2.00 bits per heavy atom. The summed E-state index contributed by atoms with van der Waals surface area (Å²) >= 11 is 0. The molecule has 0 aromatic heterocycles. The zero-order valence-corrected chi connectivity index (χ0v) is 3.72. The molecule has 0 heterocycles. The molecule has 2 atom stereocenters. The largest absolute Gasteiger partial charge is 0.0885 e. The number of hydrogen-bond donors (Lipinski definition) is 0. The molecule has 0 aromatic carbocycles. The predicted molar refractivity (Wildman–Crippen MR) is 27.6 cm³/mol. The van der Waals surface area contributed by atoms with Crippen LogP contribution in [0.25, 0.3) is 0 Å². The Balaban J connectivity index is 2.42. The van der Waals surface area contributed by atoms with E-state index in [1.165, 1.54) is 0 Å². The number of allylic oxidation sites excluding steroid dienone is 2. The van der Waals surface area contributed by atoms with Gasteiger partial charge in [-0.1, -0.05) is 12.2 Å². The van der Waals surface area contributed by atoms with Crippen LogP contribution < -0.4 is 0 Å². The molecule has 0 fully saturated rings. The molecule has 0 nitrogen and oxygen atoms in total. The maximum Gasteiger partial charge on any atom is 0.0310 e. The van der Waals surface area contributed by atoms with Gasteiger partial charge in [0, 0.05) is 2.74 Å². The molecule has 0 aliphatic heterocycles. The minimum absolute atomic E-state index is 0.0309. The van der Waals surface area contributed by atoms with E-state index in [1.807, 2.05) is 0 Å². The molecule has 0 N–H and O–H groups in total. The Morgan fingerprint density at radius 2 is 1.67 bits per heavy atom. The smallest absolute Gasteiger partial charge is 0.0310 e. The minimum atomic E-state index is -0.0309. The summed E-state index contributed by atoms with van der Waals surface area (Å²) in [6.45, 7) is 0. The summed E-state index contributed by atoms with van der Waals surface area (Å²) in [7, 11) is 0. The fourth-order valence-corrected chi connectivity index (χ4v) is 0.542. The highest BCUT2D eigenvalue weighted by Gasteiger charge is 1.87. The third-order valence-electron chi connectivity index (χ3n) is 0.883. The molecule has 0 aromatic rings. The SMILES string of the molecule is [2H][C@H]1C=C[C@H]([2H])CC1. The molecule has 1 rings (SSSR count). The molecule has 0 bridgehead atoms. The normalized spacial score (nSPS) is 50.7. The molecule has 0 saturated heterocycles. The average molecular weight is 84.2 g/mol. The Bertz CT molecular complexity index is 86.7. The van der Waals surface area contributed by atoms with Crippen LogP contribution in [0.4, 0.5) is 0 Å². The maximum absolute atomic E-state index is 7.19. The van der Waals surface area contributed by atoms with Crippen LogP contribution in [0.15, 0.2) is 12.2 Å². The summed E-state index contributed by atoms with van der Waals surface area (Å²) in [4.78, 5) is 0. The van der Waals surface area contributed by atoms with Gasteiger partial charge in [-0.05, 0) is 25.6 Å². The van der Waals surface area contributed by atoms with Crippen molar-refractivity contribution in [2.45, 2.75) is 25.6 Å². The molecule has 1 aliphatic rings. The van der Waals surface area contributed by atoms with Crippen LogP contribution in [0.3, 0.4) is 0 Å². The van der Waals surface area contributed by atoms with Gasteiger partial charge in [0.2, 0.25) is 0 Å². The van der Waals surface area contributed by atoms with Gasteiger partial charge in [-0.15, -0.1) is 0 Å². The van der Waals surface area contributed by atoms with E-state index in [0.717, 1.165) is 12.8 Å². The topological polar surface area (TPSA) is 0 Å². The highest BCUT2D eigenvalue weighted by Crippen LogP contribution is 2.07. The second-order valence-corrected chi connectivity index (χ2v) is 1.43. The van der Waals surface area contributed by atoms with E-state index in [0.29, 0.717) is 0 Å². The van der Waals surface area contributed by atoms with E-state index in [9.17, 15) is 0 Å². The van der Waals surface area contributed by atoms with Crippen LogP contribution in [-0.4, -0.2) is 0 Å². The summed E-state index contributed by atoms with van der Waals surface area (Å²) in [6.07, 6.45) is 5.28. The van der Waals surface area contributed by atoms with Crippen molar-refractivity contribution in [2.24, 2.45) is 0 Å². The molecule has 0 spiro atoms. The first kappa shape index (κ1) is 2.15. The predicted octanol–water partition coefficient (Wildman–Crippen LogP) is 2.12. The van der Waals surface area contributed by atoms with Crippen LogP contribution >= 0.6 is 0 Å². The van der Waals surface area contributed by atoms with Crippen LogP contribution in [0.2, 0.25) is 0 Å². The van der Waals surface area contributed by atoms with E-state index < -0.39 is 0 Å². The van der Waals surface area contributed by atoms with Gasteiger partial charge in [0.15, 0.2) is 0 Å². The summed E-state index contributed by atoms with van der Waals surface area (Å²) in [5.74, 6) is 0. The van der Waals surface area contributed by atoms with Crippen molar-refractivity contribution in [1.82, 2.24) is 0 Å². The van der Waals surface area contributed by atoms with Crippen LogP contribution in [0, 0.1) is 0 Å². The maximum atomic E-state index is 7.19. The molecular formula is C6H10. The van der Waals surface area contributed by atoms with Crippen molar-refractivity contribution in [3.05, 3.63) is 12.2 Å². The molecule has 34 valence electrons. The fraction of sp³-hybridized carbons (Fsp3) is 0.667. The molecular weight excluding hydrogens is 72.1 g/mol. The molecule has 0 radical (unpaired) electrons. The number of rotatable bonds is 0. The molecule has 0 heteroatoms. The van der Waals surface area contributed by atoms with E-state index in [1.54, 1.807) is 12.2 Å². The first-order chi connectivity index (χ1) is 3.79.